The van der Waals surface area contributed by atoms with Gasteiger partial charge in [0.1, 0.15) is 5.54 Å². The van der Waals surface area contributed by atoms with Gasteiger partial charge in [0.2, 0.25) is 11.8 Å². The molecule has 166 valence electrons. The molecule has 0 unspecified atom stereocenters. The molecule has 1 aliphatic heterocycles. The molecule has 1 saturated heterocycles. The SMILES string of the molecule is Cc1cc(NC(=O)C(C)(C)NC(=O)Oc2ccc(Br)s2)ccc1N1CCNCCC1=O. The monoisotopic (exact) mass is 508 g/mol. The zero-order valence-corrected chi connectivity index (χ0v) is 20.0. The van der Waals surface area contributed by atoms with Crippen LogP contribution in [0.1, 0.15) is 25.8 Å². The molecule has 3 amide bonds. The van der Waals surface area contributed by atoms with Crippen molar-refractivity contribution < 1.29 is 19.1 Å². The van der Waals surface area contributed by atoms with Crippen LogP contribution in [-0.4, -0.2) is 43.1 Å². The fourth-order valence-corrected chi connectivity index (χ4v) is 4.32. The van der Waals surface area contributed by atoms with Crippen molar-refractivity contribution in [2.45, 2.75) is 32.7 Å². The van der Waals surface area contributed by atoms with E-state index >= 15 is 0 Å². The molecule has 0 aliphatic carbocycles. The second-order valence-electron chi connectivity index (χ2n) is 7.70. The summed E-state index contributed by atoms with van der Waals surface area (Å²) < 4.78 is 6.05. The van der Waals surface area contributed by atoms with Crippen LogP contribution in [0.25, 0.3) is 0 Å². The van der Waals surface area contributed by atoms with Gasteiger partial charge in [-0.05, 0) is 72.6 Å². The molecule has 8 nitrogen and oxygen atoms in total. The van der Waals surface area contributed by atoms with Gasteiger partial charge in [-0.1, -0.05) is 11.3 Å². The van der Waals surface area contributed by atoms with Crippen LogP contribution < -0.4 is 25.6 Å². The van der Waals surface area contributed by atoms with Gasteiger partial charge in [-0.2, -0.15) is 0 Å². The number of nitrogens with zero attached hydrogens (tertiary/aromatic N) is 1. The maximum atomic E-state index is 12.8. The third-order valence-electron chi connectivity index (χ3n) is 4.80. The number of anilines is 2. The first-order valence-electron chi connectivity index (χ1n) is 9.84. The van der Waals surface area contributed by atoms with E-state index in [9.17, 15) is 14.4 Å². The first kappa shape index (κ1) is 23.2. The van der Waals surface area contributed by atoms with Crippen LogP contribution in [0.3, 0.4) is 0 Å². The molecule has 0 radical (unpaired) electrons. The minimum atomic E-state index is -1.20. The number of hydrogen-bond acceptors (Lipinski definition) is 6. The van der Waals surface area contributed by atoms with Crippen LogP contribution in [0.5, 0.6) is 5.06 Å². The Labute approximate surface area is 193 Å². The summed E-state index contributed by atoms with van der Waals surface area (Å²) in [5, 5.41) is 9.04. The highest BCUT2D eigenvalue weighted by molar-refractivity contribution is 9.11. The average Bonchev–Trinajstić information content (AvgIpc) is 2.96. The van der Waals surface area contributed by atoms with Gasteiger partial charge in [-0.3, -0.25) is 9.59 Å². The highest BCUT2D eigenvalue weighted by Gasteiger charge is 2.31. The number of ether oxygens (including phenoxy) is 1. The van der Waals surface area contributed by atoms with E-state index in [0.717, 1.165) is 21.6 Å². The minimum Gasteiger partial charge on any atom is -0.399 e. The molecule has 3 rings (SSSR count). The molecule has 1 aromatic carbocycles. The van der Waals surface area contributed by atoms with E-state index in [0.29, 0.717) is 30.3 Å². The molecule has 1 aromatic heterocycles. The van der Waals surface area contributed by atoms with Crippen LogP contribution in [0.15, 0.2) is 34.1 Å². The maximum absolute atomic E-state index is 12.8. The van der Waals surface area contributed by atoms with Gasteiger partial charge < -0.3 is 25.6 Å². The van der Waals surface area contributed by atoms with Crippen LogP contribution in [0.4, 0.5) is 16.2 Å². The van der Waals surface area contributed by atoms with E-state index in [1.54, 1.807) is 36.9 Å². The number of carbonyl (C=O) groups excluding carboxylic acids is 3. The topological polar surface area (TPSA) is 99.8 Å². The van der Waals surface area contributed by atoms with Gasteiger partial charge in [0.25, 0.3) is 0 Å². The standard InChI is InChI=1S/C21H25BrN4O4S/c1-13-12-14(4-5-15(13)26-11-10-23-9-8-17(26)27)24-19(28)21(2,3)25-20(29)30-18-7-6-16(22)31-18/h4-7,12,23H,8-11H2,1-3H3,(H,24,28)(H,25,29). The number of hydrogen-bond donors (Lipinski definition) is 3. The zero-order valence-electron chi connectivity index (χ0n) is 17.6. The molecule has 3 N–H and O–H groups in total. The number of carbonyl (C=O) groups is 3. The van der Waals surface area contributed by atoms with Crippen molar-refractivity contribution in [3.05, 3.63) is 39.7 Å². The summed E-state index contributed by atoms with van der Waals surface area (Å²) >= 11 is 4.58. The summed E-state index contributed by atoms with van der Waals surface area (Å²) in [4.78, 5) is 39.1. The van der Waals surface area contributed by atoms with Crippen molar-refractivity contribution >= 4 is 56.5 Å². The molecule has 2 aromatic rings. The Kier molecular flexibility index (Phi) is 7.34. The lowest BCUT2D eigenvalue weighted by Crippen LogP contribution is -2.53. The van der Waals surface area contributed by atoms with Gasteiger partial charge >= 0.3 is 6.09 Å². The zero-order chi connectivity index (χ0) is 22.6. The first-order valence-corrected chi connectivity index (χ1v) is 11.5. The predicted molar refractivity (Wildman–Crippen MR) is 125 cm³/mol. The Morgan fingerprint density at radius 2 is 2.00 bits per heavy atom. The summed E-state index contributed by atoms with van der Waals surface area (Å²) in [6.07, 6.45) is -0.259. The summed E-state index contributed by atoms with van der Waals surface area (Å²) in [7, 11) is 0. The Balaban J connectivity index is 1.64. The number of rotatable bonds is 5. The molecular weight excluding hydrogens is 484 g/mol. The largest absolute Gasteiger partial charge is 0.414 e. The van der Waals surface area contributed by atoms with Gasteiger partial charge in [-0.15, -0.1) is 0 Å². The van der Waals surface area contributed by atoms with Crippen LogP contribution in [-0.2, 0) is 9.59 Å². The summed E-state index contributed by atoms with van der Waals surface area (Å²) in [5.41, 5.74) is 1.08. The highest BCUT2D eigenvalue weighted by atomic mass is 79.9. The molecule has 10 heteroatoms. The fraction of sp³-hybridized carbons (Fsp3) is 0.381. The van der Waals surface area contributed by atoms with E-state index in [1.165, 1.54) is 11.3 Å². The number of nitrogens with one attached hydrogen (secondary N) is 3. The lowest BCUT2D eigenvalue weighted by molar-refractivity contribution is -0.121. The van der Waals surface area contributed by atoms with E-state index in [-0.39, 0.29) is 11.8 Å². The lowest BCUT2D eigenvalue weighted by atomic mass is 10.0. The molecule has 31 heavy (non-hydrogen) atoms. The number of benzene rings is 1. The Bertz CT molecular complexity index is 992. The van der Waals surface area contributed by atoms with Crippen LogP contribution >= 0.6 is 27.3 Å². The quantitative estimate of drug-likeness (QED) is 0.572. The Hall–Kier alpha value is -2.43. The molecule has 1 fully saturated rings. The normalized spacial score (nSPS) is 14.7. The van der Waals surface area contributed by atoms with E-state index < -0.39 is 11.6 Å². The number of thiophene rings is 1. The number of aryl methyl sites for hydroxylation is 1. The second-order valence-corrected chi connectivity index (χ2v) is 10.1. The molecule has 0 spiro atoms. The van der Waals surface area contributed by atoms with Crippen molar-refractivity contribution in [2.24, 2.45) is 0 Å². The van der Waals surface area contributed by atoms with Crippen molar-refractivity contribution in [3.8, 4) is 5.06 Å². The van der Waals surface area contributed by atoms with Crippen molar-refractivity contribution in [1.82, 2.24) is 10.6 Å². The predicted octanol–water partition coefficient (Wildman–Crippen LogP) is 3.65. The van der Waals surface area contributed by atoms with Crippen molar-refractivity contribution in [1.29, 1.82) is 0 Å². The van der Waals surface area contributed by atoms with Gasteiger partial charge in [0, 0.05) is 37.4 Å². The van der Waals surface area contributed by atoms with E-state index in [2.05, 4.69) is 31.9 Å². The highest BCUT2D eigenvalue weighted by Crippen LogP contribution is 2.29. The minimum absolute atomic E-state index is 0.0755. The smallest absolute Gasteiger partial charge is 0.399 e. The summed E-state index contributed by atoms with van der Waals surface area (Å²) in [5.74, 6) is -0.314. The Morgan fingerprint density at radius 3 is 2.68 bits per heavy atom. The first-order chi connectivity index (χ1) is 14.7. The van der Waals surface area contributed by atoms with Crippen LogP contribution in [0.2, 0.25) is 0 Å². The van der Waals surface area contributed by atoms with Gasteiger partial charge in [-0.25, -0.2) is 4.79 Å². The maximum Gasteiger partial charge on any atom is 0.414 e. The van der Waals surface area contributed by atoms with Crippen molar-refractivity contribution in [2.75, 3.05) is 29.9 Å². The van der Waals surface area contributed by atoms with Gasteiger partial charge in [0.05, 0.1) is 3.79 Å². The van der Waals surface area contributed by atoms with E-state index in [4.69, 9.17) is 4.74 Å². The Morgan fingerprint density at radius 1 is 1.23 bits per heavy atom. The average molecular weight is 509 g/mol. The molecule has 2 heterocycles. The summed E-state index contributed by atoms with van der Waals surface area (Å²) in [6.45, 7) is 7.11. The second kappa shape index (κ2) is 9.80. The van der Waals surface area contributed by atoms with E-state index in [1.807, 2.05) is 19.1 Å². The summed E-state index contributed by atoms with van der Waals surface area (Å²) in [6, 6.07) is 8.83. The molecule has 1 aliphatic rings. The third kappa shape index (κ3) is 6.05. The fourth-order valence-electron chi connectivity index (χ4n) is 3.13. The molecule has 0 bridgehead atoms. The lowest BCUT2D eigenvalue weighted by Gasteiger charge is -2.25. The van der Waals surface area contributed by atoms with Gasteiger partial charge in [0.15, 0.2) is 5.06 Å². The van der Waals surface area contributed by atoms with Crippen molar-refractivity contribution in [3.63, 3.8) is 0 Å². The number of halogens is 1. The molecular formula is C21H25BrN4O4S. The van der Waals surface area contributed by atoms with Crippen LogP contribution in [0, 0.1) is 6.92 Å². The third-order valence-corrected chi connectivity index (χ3v) is 6.30. The molecule has 0 saturated carbocycles. The molecule has 0 atom stereocenters. The number of amides is 3.